The molecule has 0 amide bonds. The highest BCUT2D eigenvalue weighted by atomic mass is 16.6. The van der Waals surface area contributed by atoms with Gasteiger partial charge >= 0.3 is 5.97 Å². The van der Waals surface area contributed by atoms with E-state index in [9.17, 15) is 4.79 Å². The molecule has 1 aromatic rings. The first-order chi connectivity index (χ1) is 10.0. The number of nitrogens with one attached hydrogen (secondary N) is 1. The second-order valence-electron chi connectivity index (χ2n) is 5.95. The molecule has 1 aromatic carbocycles. The van der Waals surface area contributed by atoms with E-state index in [1.165, 1.54) is 18.4 Å². The third-order valence-corrected chi connectivity index (χ3v) is 3.77. The van der Waals surface area contributed by atoms with Crippen LogP contribution in [0.3, 0.4) is 0 Å². The third kappa shape index (κ3) is 4.21. The Morgan fingerprint density at radius 1 is 1.43 bits per heavy atom. The van der Waals surface area contributed by atoms with Crippen molar-refractivity contribution < 1.29 is 14.3 Å². The molecule has 4 nitrogen and oxygen atoms in total. The minimum Gasteiger partial charge on any atom is -0.476 e. The average Bonchev–Trinajstić information content (AvgIpc) is 2.48. The van der Waals surface area contributed by atoms with Gasteiger partial charge in [-0.15, -0.1) is 0 Å². The molecule has 0 radical (unpaired) electrons. The summed E-state index contributed by atoms with van der Waals surface area (Å²) in [5.41, 5.74) is 0.291. The number of carbonyl (C=O) groups excluding carboxylic acids is 1. The fraction of sp³-hybridized carbons (Fsp3) is 0.588. The standard InChI is InChI=1S/C17H25NO3/c1-4-20-16(19)17(2,3)21-15-9-5-7-13(11-15)14-8-6-10-18-12-14/h5,7,9,11,14,18H,4,6,8,10,12H2,1-3H3/t14-/m1/s1. The fourth-order valence-electron chi connectivity index (χ4n) is 2.61. The van der Waals surface area contributed by atoms with Gasteiger partial charge in [0.2, 0.25) is 0 Å². The summed E-state index contributed by atoms with van der Waals surface area (Å²) >= 11 is 0. The highest BCUT2D eigenvalue weighted by Gasteiger charge is 2.31. The van der Waals surface area contributed by atoms with Crippen LogP contribution in [0, 0.1) is 0 Å². The van der Waals surface area contributed by atoms with E-state index in [2.05, 4.69) is 11.4 Å². The molecular formula is C17H25NO3. The maximum Gasteiger partial charge on any atom is 0.349 e. The normalized spacial score (nSPS) is 19.1. The predicted octanol–water partition coefficient (Wildman–Crippen LogP) is 2.87. The summed E-state index contributed by atoms with van der Waals surface area (Å²) in [6.07, 6.45) is 2.39. The van der Waals surface area contributed by atoms with Crippen LogP contribution >= 0.6 is 0 Å². The Bertz CT molecular complexity index is 479. The Morgan fingerprint density at radius 3 is 2.90 bits per heavy atom. The number of piperidine rings is 1. The van der Waals surface area contributed by atoms with Gasteiger partial charge in [0.15, 0.2) is 5.60 Å². The molecule has 21 heavy (non-hydrogen) atoms. The molecule has 0 bridgehead atoms. The first-order valence-electron chi connectivity index (χ1n) is 7.70. The van der Waals surface area contributed by atoms with Crippen molar-refractivity contribution in [2.24, 2.45) is 0 Å². The van der Waals surface area contributed by atoms with Crippen LogP contribution in [0.25, 0.3) is 0 Å². The lowest BCUT2D eigenvalue weighted by Gasteiger charge is -2.26. The summed E-state index contributed by atoms with van der Waals surface area (Å²) < 4.78 is 10.9. The molecular weight excluding hydrogens is 266 g/mol. The second kappa shape index (κ2) is 6.94. The molecule has 1 N–H and O–H groups in total. The van der Waals surface area contributed by atoms with E-state index >= 15 is 0 Å². The lowest BCUT2D eigenvalue weighted by atomic mass is 9.91. The van der Waals surface area contributed by atoms with Crippen LogP contribution in [-0.4, -0.2) is 31.3 Å². The van der Waals surface area contributed by atoms with Gasteiger partial charge in [-0.1, -0.05) is 12.1 Å². The SMILES string of the molecule is CCOC(=O)C(C)(C)Oc1cccc([C@@H]2CCCNC2)c1. The quantitative estimate of drug-likeness (QED) is 0.847. The van der Waals surface area contributed by atoms with E-state index in [0.29, 0.717) is 12.5 Å². The molecule has 0 saturated carbocycles. The molecule has 4 heteroatoms. The van der Waals surface area contributed by atoms with Crippen molar-refractivity contribution in [1.29, 1.82) is 0 Å². The molecule has 0 unspecified atom stereocenters. The van der Waals surface area contributed by atoms with Gasteiger partial charge in [0.25, 0.3) is 0 Å². The van der Waals surface area contributed by atoms with Crippen molar-refractivity contribution in [1.82, 2.24) is 5.32 Å². The molecule has 1 heterocycles. The van der Waals surface area contributed by atoms with Crippen molar-refractivity contribution in [3.8, 4) is 5.75 Å². The summed E-state index contributed by atoms with van der Waals surface area (Å²) in [7, 11) is 0. The Labute approximate surface area is 126 Å². The van der Waals surface area contributed by atoms with Crippen LogP contribution in [0.4, 0.5) is 0 Å². The Morgan fingerprint density at radius 2 is 2.24 bits per heavy atom. The van der Waals surface area contributed by atoms with Gasteiger partial charge in [0.1, 0.15) is 5.75 Å². The largest absolute Gasteiger partial charge is 0.476 e. The number of esters is 1. The van der Waals surface area contributed by atoms with Crippen molar-refractivity contribution >= 4 is 5.97 Å². The maximum atomic E-state index is 11.9. The fourth-order valence-corrected chi connectivity index (χ4v) is 2.61. The molecule has 0 spiro atoms. The summed E-state index contributed by atoms with van der Waals surface area (Å²) in [5.74, 6) is 0.902. The summed E-state index contributed by atoms with van der Waals surface area (Å²) in [4.78, 5) is 11.9. The number of hydrogen-bond donors (Lipinski definition) is 1. The molecule has 1 aliphatic heterocycles. The van der Waals surface area contributed by atoms with E-state index in [1.54, 1.807) is 20.8 Å². The summed E-state index contributed by atoms with van der Waals surface area (Å²) in [5, 5.41) is 3.42. The minimum absolute atomic E-state index is 0.338. The lowest BCUT2D eigenvalue weighted by molar-refractivity contribution is -0.158. The molecule has 2 rings (SSSR count). The third-order valence-electron chi connectivity index (χ3n) is 3.77. The van der Waals surface area contributed by atoms with Gasteiger partial charge in [-0.2, -0.15) is 0 Å². The highest BCUT2D eigenvalue weighted by Crippen LogP contribution is 2.28. The monoisotopic (exact) mass is 291 g/mol. The van der Waals surface area contributed by atoms with Crippen LogP contribution in [-0.2, 0) is 9.53 Å². The Kier molecular flexibility index (Phi) is 5.23. The number of rotatable bonds is 5. The van der Waals surface area contributed by atoms with Crippen LogP contribution < -0.4 is 10.1 Å². The van der Waals surface area contributed by atoms with E-state index in [4.69, 9.17) is 9.47 Å². The number of carbonyl (C=O) groups is 1. The molecule has 116 valence electrons. The lowest BCUT2D eigenvalue weighted by Crippen LogP contribution is -2.39. The van der Waals surface area contributed by atoms with Gasteiger partial charge in [0.05, 0.1) is 6.61 Å². The molecule has 0 aromatic heterocycles. The molecule has 1 saturated heterocycles. The predicted molar refractivity (Wildman–Crippen MR) is 82.6 cm³/mol. The first-order valence-corrected chi connectivity index (χ1v) is 7.70. The number of benzene rings is 1. The van der Waals surface area contributed by atoms with Crippen LogP contribution in [0.2, 0.25) is 0 Å². The first kappa shape index (κ1) is 15.8. The second-order valence-corrected chi connectivity index (χ2v) is 5.95. The smallest absolute Gasteiger partial charge is 0.349 e. The van der Waals surface area contributed by atoms with Gasteiger partial charge in [-0.05, 0) is 63.8 Å². The Hall–Kier alpha value is -1.55. The van der Waals surface area contributed by atoms with Crippen molar-refractivity contribution in [2.75, 3.05) is 19.7 Å². The number of ether oxygens (including phenoxy) is 2. The van der Waals surface area contributed by atoms with Crippen LogP contribution in [0.15, 0.2) is 24.3 Å². The summed E-state index contributed by atoms with van der Waals surface area (Å²) in [6, 6.07) is 8.04. The van der Waals surface area contributed by atoms with Crippen LogP contribution in [0.5, 0.6) is 5.75 Å². The number of hydrogen-bond acceptors (Lipinski definition) is 4. The zero-order valence-electron chi connectivity index (χ0n) is 13.1. The topological polar surface area (TPSA) is 47.6 Å². The van der Waals surface area contributed by atoms with Gasteiger partial charge in [0, 0.05) is 6.54 Å². The zero-order valence-corrected chi connectivity index (χ0v) is 13.1. The van der Waals surface area contributed by atoms with E-state index in [0.717, 1.165) is 18.8 Å². The zero-order chi connectivity index (χ0) is 15.3. The highest BCUT2D eigenvalue weighted by molar-refractivity contribution is 5.79. The minimum atomic E-state index is -0.973. The maximum absolute atomic E-state index is 11.9. The van der Waals surface area contributed by atoms with E-state index in [1.807, 2.05) is 18.2 Å². The summed E-state index contributed by atoms with van der Waals surface area (Å²) in [6.45, 7) is 7.73. The van der Waals surface area contributed by atoms with E-state index < -0.39 is 5.60 Å². The Balaban J connectivity index is 2.08. The van der Waals surface area contributed by atoms with Crippen LogP contribution in [0.1, 0.15) is 45.1 Å². The van der Waals surface area contributed by atoms with E-state index in [-0.39, 0.29) is 5.97 Å². The van der Waals surface area contributed by atoms with Crippen molar-refractivity contribution in [2.45, 2.75) is 45.1 Å². The van der Waals surface area contributed by atoms with Gasteiger partial charge in [-0.25, -0.2) is 4.79 Å². The molecule has 0 aliphatic carbocycles. The van der Waals surface area contributed by atoms with Gasteiger partial charge < -0.3 is 14.8 Å². The van der Waals surface area contributed by atoms with Gasteiger partial charge in [-0.3, -0.25) is 0 Å². The molecule has 1 aliphatic rings. The molecule has 1 fully saturated rings. The molecule has 1 atom stereocenters. The average molecular weight is 291 g/mol. The van der Waals surface area contributed by atoms with Crippen molar-refractivity contribution in [3.05, 3.63) is 29.8 Å². The van der Waals surface area contributed by atoms with Crippen molar-refractivity contribution in [3.63, 3.8) is 0 Å².